The Balaban J connectivity index is 2.78. The molecule has 6 N–H and O–H groups in total. The Hall–Kier alpha value is -0.770. The molecule has 1 fully saturated rings. The van der Waals surface area contributed by atoms with Crippen LogP contribution in [0.15, 0.2) is 0 Å². The lowest BCUT2D eigenvalue weighted by Crippen LogP contribution is -2.60. The molecule has 1 aliphatic heterocycles. The summed E-state index contributed by atoms with van der Waals surface area (Å²) in [4.78, 5) is 14.6. The summed E-state index contributed by atoms with van der Waals surface area (Å²) < 4.78 is 4.59. The Labute approximate surface area is 78.4 Å². The summed E-state index contributed by atoms with van der Waals surface area (Å²) in [6.45, 7) is 0. The molecule has 1 aliphatic rings. The van der Waals surface area contributed by atoms with Crippen LogP contribution in [-0.2, 0) is 14.4 Å². The molecule has 0 saturated carbocycles. The molecule has 1 unspecified atom stereocenters. The van der Waals surface area contributed by atoms with Crippen molar-refractivity contribution in [1.29, 1.82) is 0 Å². The Morgan fingerprint density at radius 1 is 1.21 bits per heavy atom. The number of hydrogen-bond donors (Lipinski definition) is 5. The zero-order chi connectivity index (χ0) is 10.9. The molecule has 14 heavy (non-hydrogen) atoms. The van der Waals surface area contributed by atoms with E-state index in [4.69, 9.17) is 11.0 Å². The number of aliphatic hydroxyl groups excluding tert-OH is 3. The maximum Gasteiger partial charge on any atom is 0.335 e. The van der Waals surface area contributed by atoms with Crippen molar-refractivity contribution >= 4 is 5.97 Å². The van der Waals surface area contributed by atoms with Crippen molar-refractivity contribution in [2.45, 2.75) is 30.7 Å². The highest BCUT2D eigenvalue weighted by atomic mass is 16.8. The second-order valence-electron chi connectivity index (χ2n) is 2.87. The predicted octanol–water partition coefficient (Wildman–Crippen LogP) is -3.23. The number of hydrogen-bond acceptors (Lipinski definition) is 7. The molecule has 8 nitrogen and oxygen atoms in total. The first-order valence-corrected chi connectivity index (χ1v) is 3.77. The summed E-state index contributed by atoms with van der Waals surface area (Å²) >= 11 is 0. The highest BCUT2D eigenvalue weighted by Gasteiger charge is 2.47. The van der Waals surface area contributed by atoms with Gasteiger partial charge in [-0.1, -0.05) is 0 Å². The number of aliphatic carboxylic acids is 1. The molecule has 0 amide bonds. The van der Waals surface area contributed by atoms with Gasteiger partial charge in [-0.2, -0.15) is 0 Å². The minimum absolute atomic E-state index is 1.48. The van der Waals surface area contributed by atoms with Crippen molar-refractivity contribution in [3.05, 3.63) is 0 Å². The number of carbonyl (C=O) groups is 1. The highest BCUT2D eigenvalue weighted by Crippen LogP contribution is 2.21. The van der Waals surface area contributed by atoms with Gasteiger partial charge in [0.2, 0.25) is 6.29 Å². The Bertz CT molecular complexity index is 220. The molecule has 0 aromatic rings. The summed E-state index contributed by atoms with van der Waals surface area (Å²) in [5.74, 6) is 3.21. The lowest BCUT2D eigenvalue weighted by Gasteiger charge is -2.37. The highest BCUT2D eigenvalue weighted by molar-refractivity contribution is 5.73. The summed E-state index contributed by atoms with van der Waals surface area (Å²) in [7, 11) is 0. The maximum atomic E-state index is 10.5. The molecular formula is C6H11NO7. The first-order valence-electron chi connectivity index (χ1n) is 3.77. The van der Waals surface area contributed by atoms with E-state index >= 15 is 0 Å². The molecule has 82 valence electrons. The van der Waals surface area contributed by atoms with E-state index < -0.39 is 36.7 Å². The fraction of sp³-hybridized carbons (Fsp3) is 0.833. The third-order valence-corrected chi connectivity index (χ3v) is 1.95. The van der Waals surface area contributed by atoms with Crippen LogP contribution >= 0.6 is 0 Å². The van der Waals surface area contributed by atoms with Gasteiger partial charge in [0.25, 0.3) is 0 Å². The summed E-state index contributed by atoms with van der Waals surface area (Å²) in [5.41, 5.74) is 0. The molecule has 0 bridgehead atoms. The molecular weight excluding hydrogens is 198 g/mol. The van der Waals surface area contributed by atoms with Crippen molar-refractivity contribution in [3.8, 4) is 0 Å². The first kappa shape index (κ1) is 11.3. The molecule has 0 aliphatic carbocycles. The molecule has 0 spiro atoms. The van der Waals surface area contributed by atoms with Crippen LogP contribution in [0.2, 0.25) is 0 Å². The minimum Gasteiger partial charge on any atom is -0.479 e. The van der Waals surface area contributed by atoms with E-state index in [-0.39, 0.29) is 0 Å². The molecule has 0 aromatic carbocycles. The third kappa shape index (κ3) is 1.85. The average Bonchev–Trinajstić information content (AvgIpc) is 2.14. The van der Waals surface area contributed by atoms with Crippen LogP contribution < -0.4 is 5.90 Å². The van der Waals surface area contributed by atoms with Crippen LogP contribution in [0.3, 0.4) is 0 Å². The van der Waals surface area contributed by atoms with Gasteiger partial charge < -0.3 is 25.2 Å². The van der Waals surface area contributed by atoms with E-state index in [9.17, 15) is 20.1 Å². The molecule has 0 radical (unpaired) electrons. The van der Waals surface area contributed by atoms with E-state index in [1.165, 1.54) is 0 Å². The van der Waals surface area contributed by atoms with E-state index in [0.717, 1.165) is 0 Å². The summed E-state index contributed by atoms with van der Waals surface area (Å²) in [6, 6.07) is 0. The van der Waals surface area contributed by atoms with E-state index in [2.05, 4.69) is 9.57 Å². The summed E-state index contributed by atoms with van der Waals surface area (Å²) in [5, 5.41) is 36.1. The van der Waals surface area contributed by atoms with Gasteiger partial charge in [0.1, 0.15) is 18.3 Å². The largest absolute Gasteiger partial charge is 0.479 e. The van der Waals surface area contributed by atoms with Gasteiger partial charge in [0.15, 0.2) is 6.10 Å². The van der Waals surface area contributed by atoms with Gasteiger partial charge in [-0.3, -0.25) is 4.84 Å². The first-order chi connectivity index (χ1) is 6.49. The number of carboxylic acid groups (broad SMARTS) is 1. The number of ether oxygens (including phenoxy) is 1. The number of rotatable bonds is 2. The minimum atomic E-state index is -1.73. The number of aliphatic hydroxyl groups is 3. The van der Waals surface area contributed by atoms with Gasteiger partial charge >= 0.3 is 5.97 Å². The van der Waals surface area contributed by atoms with Crippen molar-refractivity contribution < 1.29 is 34.8 Å². The van der Waals surface area contributed by atoms with E-state index in [1.54, 1.807) is 0 Å². The van der Waals surface area contributed by atoms with Crippen molar-refractivity contribution in [1.82, 2.24) is 0 Å². The third-order valence-electron chi connectivity index (χ3n) is 1.95. The maximum absolute atomic E-state index is 10.5. The van der Waals surface area contributed by atoms with Crippen LogP contribution in [0.4, 0.5) is 0 Å². The van der Waals surface area contributed by atoms with E-state index in [0.29, 0.717) is 0 Å². The average molecular weight is 209 g/mol. The van der Waals surface area contributed by atoms with Gasteiger partial charge in [-0.25, -0.2) is 10.7 Å². The van der Waals surface area contributed by atoms with Crippen LogP contribution in [0, 0.1) is 0 Å². The molecule has 0 aromatic heterocycles. The van der Waals surface area contributed by atoms with Crippen LogP contribution in [0.25, 0.3) is 0 Å². The van der Waals surface area contributed by atoms with Crippen LogP contribution in [0.5, 0.6) is 0 Å². The molecule has 5 atom stereocenters. The fourth-order valence-electron chi connectivity index (χ4n) is 1.16. The van der Waals surface area contributed by atoms with Gasteiger partial charge in [0.05, 0.1) is 0 Å². The number of carboxylic acids is 1. The SMILES string of the molecule is NOC1O[C@H](C(=O)O)[C@@H](O)[C@H](O)[C@H]1O. The fourth-order valence-corrected chi connectivity index (χ4v) is 1.16. The lowest BCUT2D eigenvalue weighted by atomic mass is 9.99. The van der Waals surface area contributed by atoms with Gasteiger partial charge in [0, 0.05) is 0 Å². The molecule has 1 saturated heterocycles. The van der Waals surface area contributed by atoms with Crippen LogP contribution in [-0.4, -0.2) is 57.1 Å². The Morgan fingerprint density at radius 3 is 2.21 bits per heavy atom. The topological polar surface area (TPSA) is 142 Å². The second kappa shape index (κ2) is 4.17. The predicted molar refractivity (Wildman–Crippen MR) is 39.6 cm³/mol. The molecule has 1 rings (SSSR count). The van der Waals surface area contributed by atoms with Crippen molar-refractivity contribution in [2.24, 2.45) is 5.90 Å². The smallest absolute Gasteiger partial charge is 0.335 e. The zero-order valence-electron chi connectivity index (χ0n) is 6.98. The molecule has 1 heterocycles. The van der Waals surface area contributed by atoms with Gasteiger partial charge in [-0.15, -0.1) is 0 Å². The summed E-state index contributed by atoms with van der Waals surface area (Å²) in [6.07, 6.45) is -8.16. The Morgan fingerprint density at radius 2 is 1.79 bits per heavy atom. The van der Waals surface area contributed by atoms with Crippen molar-refractivity contribution in [3.63, 3.8) is 0 Å². The Kier molecular flexibility index (Phi) is 3.37. The second-order valence-corrected chi connectivity index (χ2v) is 2.87. The standard InChI is InChI=1S/C6H11NO7/c7-14-6-3(10)1(8)2(9)4(13-6)5(11)12/h1-4,6,8-10H,7H2,(H,11,12)/t1-,2-,3+,4-,6?/m0/s1. The van der Waals surface area contributed by atoms with Crippen molar-refractivity contribution in [2.75, 3.05) is 0 Å². The lowest BCUT2D eigenvalue weighted by molar-refractivity contribution is -0.295. The normalized spacial score (nSPS) is 43.6. The van der Waals surface area contributed by atoms with Crippen LogP contribution in [0.1, 0.15) is 0 Å². The zero-order valence-corrected chi connectivity index (χ0v) is 6.98. The van der Waals surface area contributed by atoms with Gasteiger partial charge in [-0.05, 0) is 0 Å². The monoisotopic (exact) mass is 209 g/mol. The molecule has 8 heteroatoms. The van der Waals surface area contributed by atoms with E-state index in [1.807, 2.05) is 0 Å². The quantitative estimate of drug-likeness (QED) is 0.299. The number of nitrogens with two attached hydrogens (primary N) is 1.